The van der Waals surface area contributed by atoms with Gasteiger partial charge in [-0.1, -0.05) is 31.2 Å². The average molecular weight is 349 g/mol. The molecule has 1 aliphatic heterocycles. The van der Waals surface area contributed by atoms with Crippen molar-refractivity contribution < 1.29 is 9.90 Å². The van der Waals surface area contributed by atoms with Crippen LogP contribution < -0.4 is 0 Å². The maximum absolute atomic E-state index is 10.5. The first-order valence-corrected chi connectivity index (χ1v) is 7.41. The van der Waals surface area contributed by atoms with E-state index in [1.165, 1.54) is 5.56 Å². The van der Waals surface area contributed by atoms with Crippen molar-refractivity contribution in [1.82, 2.24) is 9.80 Å². The molecule has 0 amide bonds. The monoisotopic (exact) mass is 348 g/mol. The Hall–Kier alpha value is -0.810. The van der Waals surface area contributed by atoms with Gasteiger partial charge >= 0.3 is 5.97 Å². The molecule has 0 unspecified atom stereocenters. The van der Waals surface area contributed by atoms with Gasteiger partial charge in [-0.2, -0.15) is 0 Å². The van der Waals surface area contributed by atoms with Crippen LogP contribution in [-0.4, -0.2) is 53.6 Å². The third kappa shape index (κ3) is 6.97. The Morgan fingerprint density at radius 3 is 2.00 bits per heavy atom. The lowest BCUT2D eigenvalue weighted by molar-refractivity contribution is -0.136. The second kappa shape index (κ2) is 10.8. The van der Waals surface area contributed by atoms with Crippen molar-refractivity contribution in [2.45, 2.75) is 26.3 Å². The molecule has 0 atom stereocenters. The highest BCUT2D eigenvalue weighted by atomic mass is 35.5. The Bertz CT molecular complexity index is 432. The second-order valence-corrected chi connectivity index (χ2v) is 5.42. The molecule has 4 nitrogen and oxygen atoms in total. The van der Waals surface area contributed by atoms with Crippen molar-refractivity contribution in [3.8, 4) is 0 Å². The number of carboxylic acids is 1. The maximum Gasteiger partial charge on any atom is 0.303 e. The number of likely N-dealkylation sites (N-methyl/N-ethyl adjacent to an activating group) is 1. The lowest BCUT2D eigenvalue weighted by atomic mass is 10.1. The molecule has 6 heteroatoms. The van der Waals surface area contributed by atoms with E-state index in [9.17, 15) is 4.79 Å². The molecule has 1 aromatic carbocycles. The summed E-state index contributed by atoms with van der Waals surface area (Å²) in [5, 5.41) is 8.68. The quantitative estimate of drug-likeness (QED) is 0.858. The highest BCUT2D eigenvalue weighted by Crippen LogP contribution is 2.11. The van der Waals surface area contributed by atoms with Gasteiger partial charge in [0.2, 0.25) is 0 Å². The van der Waals surface area contributed by atoms with Crippen LogP contribution in [-0.2, 0) is 17.8 Å². The van der Waals surface area contributed by atoms with Crippen LogP contribution in [0.4, 0.5) is 0 Å². The van der Waals surface area contributed by atoms with Crippen LogP contribution in [0.1, 0.15) is 24.5 Å². The zero-order valence-electron chi connectivity index (χ0n) is 13.0. The van der Waals surface area contributed by atoms with E-state index < -0.39 is 5.97 Å². The predicted octanol–water partition coefficient (Wildman–Crippen LogP) is 2.68. The molecule has 1 heterocycles. The number of carboxylic acid groups (broad SMARTS) is 1. The van der Waals surface area contributed by atoms with Crippen LogP contribution in [0, 0.1) is 0 Å². The minimum absolute atomic E-state index is 0. The van der Waals surface area contributed by atoms with E-state index in [4.69, 9.17) is 5.11 Å². The number of hydrogen-bond donors (Lipinski definition) is 1. The van der Waals surface area contributed by atoms with E-state index in [0.717, 1.165) is 44.8 Å². The number of aryl methyl sites for hydroxylation is 1. The number of benzene rings is 1. The van der Waals surface area contributed by atoms with Gasteiger partial charge in [-0.05, 0) is 24.1 Å². The third-order valence-electron chi connectivity index (χ3n) is 3.97. The first-order valence-electron chi connectivity index (χ1n) is 7.41. The Balaban J connectivity index is 0.00000220. The summed E-state index contributed by atoms with van der Waals surface area (Å²) in [6, 6.07) is 8.37. The number of halogens is 2. The van der Waals surface area contributed by atoms with Crippen LogP contribution in [0.25, 0.3) is 0 Å². The van der Waals surface area contributed by atoms with Crippen molar-refractivity contribution in [2.75, 3.05) is 32.7 Å². The summed E-state index contributed by atoms with van der Waals surface area (Å²) in [4.78, 5) is 15.5. The van der Waals surface area contributed by atoms with Gasteiger partial charge in [0, 0.05) is 39.1 Å². The Kier molecular flexibility index (Phi) is 10.4. The molecule has 1 fully saturated rings. The molecule has 0 aromatic heterocycles. The van der Waals surface area contributed by atoms with Crippen LogP contribution in [0.15, 0.2) is 24.3 Å². The van der Waals surface area contributed by atoms with Gasteiger partial charge in [0.05, 0.1) is 0 Å². The number of hydrogen-bond acceptors (Lipinski definition) is 3. The van der Waals surface area contributed by atoms with Crippen LogP contribution in [0.2, 0.25) is 0 Å². The van der Waals surface area contributed by atoms with Crippen molar-refractivity contribution >= 4 is 30.8 Å². The highest BCUT2D eigenvalue weighted by Gasteiger charge is 2.15. The zero-order chi connectivity index (χ0) is 14.4. The lowest BCUT2D eigenvalue weighted by Crippen LogP contribution is -2.45. The van der Waals surface area contributed by atoms with Crippen molar-refractivity contribution in [2.24, 2.45) is 0 Å². The van der Waals surface area contributed by atoms with Crippen molar-refractivity contribution in [3.63, 3.8) is 0 Å². The molecule has 2 rings (SSSR count). The molecule has 0 saturated carbocycles. The summed E-state index contributed by atoms with van der Waals surface area (Å²) in [7, 11) is 0. The molecule has 126 valence electrons. The van der Waals surface area contributed by atoms with E-state index in [-0.39, 0.29) is 31.2 Å². The van der Waals surface area contributed by atoms with Gasteiger partial charge in [0.25, 0.3) is 0 Å². The predicted molar refractivity (Wildman–Crippen MR) is 94.3 cm³/mol. The van der Waals surface area contributed by atoms with Crippen LogP contribution in [0.3, 0.4) is 0 Å². The Morgan fingerprint density at radius 1 is 1.00 bits per heavy atom. The smallest absolute Gasteiger partial charge is 0.303 e. The fourth-order valence-corrected chi connectivity index (χ4v) is 2.58. The van der Waals surface area contributed by atoms with E-state index in [0.29, 0.717) is 6.42 Å². The van der Waals surface area contributed by atoms with E-state index in [2.05, 4.69) is 41.0 Å². The first kappa shape index (κ1) is 21.2. The zero-order valence-corrected chi connectivity index (χ0v) is 14.7. The number of rotatable bonds is 6. The van der Waals surface area contributed by atoms with Gasteiger partial charge in [0.15, 0.2) is 0 Å². The molecule has 1 N–H and O–H groups in total. The number of aliphatic carboxylic acids is 1. The van der Waals surface area contributed by atoms with E-state index >= 15 is 0 Å². The molecule has 0 aliphatic carbocycles. The largest absolute Gasteiger partial charge is 0.481 e. The second-order valence-electron chi connectivity index (χ2n) is 5.42. The number of carbonyl (C=O) groups is 1. The lowest BCUT2D eigenvalue weighted by Gasteiger charge is -2.34. The standard InChI is InChI=1S/C16H24N2O2.2ClH/c1-2-17-9-11-18(12-10-17)13-15-5-3-14(4-6-15)7-8-16(19)20;;/h3-6H,2,7-13H2,1H3,(H,19,20);2*1H. The van der Waals surface area contributed by atoms with Gasteiger partial charge in [0.1, 0.15) is 0 Å². The van der Waals surface area contributed by atoms with Crippen molar-refractivity contribution in [3.05, 3.63) is 35.4 Å². The van der Waals surface area contributed by atoms with E-state index in [1.54, 1.807) is 0 Å². The van der Waals surface area contributed by atoms with Gasteiger partial charge in [-0.25, -0.2) is 0 Å². The summed E-state index contributed by atoms with van der Waals surface area (Å²) in [5.41, 5.74) is 2.42. The molecule has 0 radical (unpaired) electrons. The molecule has 1 aliphatic rings. The Morgan fingerprint density at radius 2 is 1.50 bits per heavy atom. The normalized spacial score (nSPS) is 15.7. The third-order valence-corrected chi connectivity index (χ3v) is 3.97. The number of piperazine rings is 1. The topological polar surface area (TPSA) is 43.8 Å². The maximum atomic E-state index is 10.5. The summed E-state index contributed by atoms with van der Waals surface area (Å²) < 4.78 is 0. The fraction of sp³-hybridized carbons (Fsp3) is 0.562. The van der Waals surface area contributed by atoms with Gasteiger partial charge in [-0.15, -0.1) is 24.8 Å². The summed E-state index contributed by atoms with van der Waals surface area (Å²) >= 11 is 0. The molecule has 1 aromatic rings. The van der Waals surface area contributed by atoms with Crippen LogP contribution >= 0.6 is 24.8 Å². The van der Waals surface area contributed by atoms with Gasteiger partial charge in [-0.3, -0.25) is 9.69 Å². The SMILES string of the molecule is CCN1CCN(Cc2ccc(CCC(=O)O)cc2)CC1.Cl.Cl. The molecular formula is C16H26Cl2N2O2. The van der Waals surface area contributed by atoms with Crippen LogP contribution in [0.5, 0.6) is 0 Å². The molecular weight excluding hydrogens is 323 g/mol. The fourth-order valence-electron chi connectivity index (χ4n) is 2.58. The average Bonchev–Trinajstić information content (AvgIpc) is 2.47. The number of nitrogens with zero attached hydrogens (tertiary/aromatic N) is 2. The molecule has 1 saturated heterocycles. The minimum Gasteiger partial charge on any atom is -0.481 e. The summed E-state index contributed by atoms with van der Waals surface area (Å²) in [5.74, 6) is -0.733. The first-order chi connectivity index (χ1) is 9.67. The summed E-state index contributed by atoms with van der Waals surface area (Å²) in [6.45, 7) is 8.94. The van der Waals surface area contributed by atoms with Gasteiger partial charge < -0.3 is 10.0 Å². The molecule has 0 spiro atoms. The molecule has 22 heavy (non-hydrogen) atoms. The van der Waals surface area contributed by atoms with E-state index in [1.807, 2.05) is 0 Å². The minimum atomic E-state index is -0.733. The van der Waals surface area contributed by atoms with Crippen molar-refractivity contribution in [1.29, 1.82) is 0 Å². The summed E-state index contributed by atoms with van der Waals surface area (Å²) in [6.07, 6.45) is 0.823. The molecule has 0 bridgehead atoms. The highest BCUT2D eigenvalue weighted by molar-refractivity contribution is 5.85. The Labute approximate surface area is 145 Å².